The van der Waals surface area contributed by atoms with Crippen molar-refractivity contribution in [2.45, 2.75) is 26.3 Å². The van der Waals surface area contributed by atoms with Crippen molar-refractivity contribution >= 4 is 28.8 Å². The number of hydrogen-bond donors (Lipinski definition) is 1. The lowest BCUT2D eigenvalue weighted by Crippen LogP contribution is -2.46. The Balaban J connectivity index is 2.23. The Labute approximate surface area is 192 Å². The van der Waals surface area contributed by atoms with E-state index in [1.807, 2.05) is 13.0 Å². The van der Waals surface area contributed by atoms with Crippen molar-refractivity contribution in [1.29, 1.82) is 0 Å². The predicted octanol–water partition coefficient (Wildman–Crippen LogP) is 4.41. The molecule has 1 heterocycles. The van der Waals surface area contributed by atoms with Gasteiger partial charge in [0.15, 0.2) is 22.4 Å². The number of ether oxygens (including phenoxy) is 2. The van der Waals surface area contributed by atoms with Crippen LogP contribution in [-0.2, 0) is 0 Å². The maximum atomic E-state index is 13.5. The number of benzene rings is 2. The van der Waals surface area contributed by atoms with Crippen molar-refractivity contribution in [3.8, 4) is 11.5 Å². The van der Waals surface area contributed by atoms with Gasteiger partial charge in [-0.15, -0.1) is 0 Å². The van der Waals surface area contributed by atoms with Gasteiger partial charge in [-0.25, -0.2) is 0 Å². The minimum absolute atomic E-state index is 0.193. The number of nitrogens with zero attached hydrogens (tertiary/aromatic N) is 2. The second-order valence-corrected chi connectivity index (χ2v) is 7.69. The number of nitro benzene ring substituents is 1. The zero-order valence-corrected chi connectivity index (χ0v) is 19.2. The van der Waals surface area contributed by atoms with Crippen molar-refractivity contribution in [1.82, 2.24) is 10.2 Å². The van der Waals surface area contributed by atoms with Gasteiger partial charge in [-0.05, 0) is 31.6 Å². The molecule has 2 aromatic carbocycles. The molecular weight excluding hydrogens is 430 g/mol. The van der Waals surface area contributed by atoms with Gasteiger partial charge >= 0.3 is 0 Å². The van der Waals surface area contributed by atoms with Crippen LogP contribution in [0.4, 0.5) is 5.69 Å². The molecule has 8 nitrogen and oxygen atoms in total. The van der Waals surface area contributed by atoms with Gasteiger partial charge in [0.2, 0.25) is 0 Å². The zero-order chi connectivity index (χ0) is 23.4. The Morgan fingerprint density at radius 1 is 1.25 bits per heavy atom. The Morgan fingerprint density at radius 2 is 1.94 bits per heavy atom. The molecular formula is C23H25N3O5S. The van der Waals surface area contributed by atoms with Crippen molar-refractivity contribution in [3.05, 3.63) is 75.0 Å². The van der Waals surface area contributed by atoms with E-state index in [0.29, 0.717) is 34.3 Å². The molecule has 1 unspecified atom stereocenters. The van der Waals surface area contributed by atoms with Crippen LogP contribution in [0.5, 0.6) is 11.5 Å². The van der Waals surface area contributed by atoms with E-state index in [2.05, 4.69) is 5.32 Å². The van der Waals surface area contributed by atoms with Crippen LogP contribution >= 0.6 is 12.2 Å². The second-order valence-electron chi connectivity index (χ2n) is 7.30. The number of allylic oxidation sites excluding steroid dienone is 1. The molecule has 0 spiro atoms. The Morgan fingerprint density at radius 3 is 2.53 bits per heavy atom. The van der Waals surface area contributed by atoms with Crippen LogP contribution in [0.3, 0.4) is 0 Å². The number of methoxy groups -OCH3 is 1. The first-order valence-corrected chi connectivity index (χ1v) is 10.5. The van der Waals surface area contributed by atoms with Gasteiger partial charge < -0.3 is 19.7 Å². The Bertz CT molecular complexity index is 1080. The molecule has 3 rings (SSSR count). The lowest BCUT2D eigenvalue weighted by molar-refractivity contribution is -0.385. The number of rotatable bonds is 8. The molecule has 0 aliphatic carbocycles. The number of nitrogens with one attached hydrogen (secondary N) is 1. The highest BCUT2D eigenvalue weighted by atomic mass is 32.1. The van der Waals surface area contributed by atoms with Crippen LogP contribution in [0.25, 0.3) is 0 Å². The molecule has 0 amide bonds. The van der Waals surface area contributed by atoms with Crippen LogP contribution in [-0.4, -0.2) is 41.5 Å². The smallest absolute Gasteiger partial charge is 0.279 e. The number of nitro groups is 1. The number of hydrogen-bond acceptors (Lipinski definition) is 6. The second kappa shape index (κ2) is 9.78. The van der Waals surface area contributed by atoms with E-state index in [1.54, 1.807) is 49.2 Å². The third-order valence-electron chi connectivity index (χ3n) is 5.32. The number of carbonyl (C=O) groups is 1. The van der Waals surface area contributed by atoms with Crippen LogP contribution in [0, 0.1) is 10.1 Å². The highest BCUT2D eigenvalue weighted by Crippen LogP contribution is 2.42. The number of Topliss-reactive ketones (excluding diaryl/α,β-unsaturated/α-hetero) is 1. The van der Waals surface area contributed by atoms with Crippen LogP contribution in [0.1, 0.15) is 42.2 Å². The van der Waals surface area contributed by atoms with Crippen molar-refractivity contribution in [2.24, 2.45) is 0 Å². The van der Waals surface area contributed by atoms with E-state index in [9.17, 15) is 14.9 Å². The topological polar surface area (TPSA) is 93.9 Å². The summed E-state index contributed by atoms with van der Waals surface area (Å²) in [5.41, 5.74) is 1.56. The molecule has 0 saturated heterocycles. The summed E-state index contributed by atoms with van der Waals surface area (Å²) in [4.78, 5) is 26.7. The fourth-order valence-electron chi connectivity index (χ4n) is 3.55. The minimum atomic E-state index is -0.832. The maximum Gasteiger partial charge on any atom is 0.279 e. The summed E-state index contributed by atoms with van der Waals surface area (Å²) in [6.45, 7) is 4.15. The molecule has 1 aliphatic rings. The van der Waals surface area contributed by atoms with Gasteiger partial charge in [-0.2, -0.15) is 0 Å². The van der Waals surface area contributed by atoms with Crippen molar-refractivity contribution < 1.29 is 19.2 Å². The van der Waals surface area contributed by atoms with E-state index in [-0.39, 0.29) is 22.8 Å². The van der Waals surface area contributed by atoms with Gasteiger partial charge in [0.25, 0.3) is 5.69 Å². The van der Waals surface area contributed by atoms with Gasteiger partial charge in [0.1, 0.15) is 0 Å². The van der Waals surface area contributed by atoms with Gasteiger partial charge in [0.05, 0.1) is 36.3 Å². The summed E-state index contributed by atoms with van der Waals surface area (Å²) in [6.07, 6.45) is 0.753. The van der Waals surface area contributed by atoms with E-state index in [4.69, 9.17) is 21.7 Å². The van der Waals surface area contributed by atoms with Crippen molar-refractivity contribution in [3.63, 3.8) is 0 Å². The third-order valence-corrected chi connectivity index (χ3v) is 5.71. The Hall–Kier alpha value is -3.46. The van der Waals surface area contributed by atoms with Crippen LogP contribution in [0.2, 0.25) is 0 Å². The predicted molar refractivity (Wildman–Crippen MR) is 125 cm³/mol. The fraction of sp³-hybridized carbons (Fsp3) is 0.304. The summed E-state index contributed by atoms with van der Waals surface area (Å²) in [7, 11) is 3.17. The van der Waals surface area contributed by atoms with E-state index in [0.717, 1.165) is 6.42 Å². The normalized spacial score (nSPS) is 15.9. The quantitative estimate of drug-likeness (QED) is 0.271. The molecule has 0 bridgehead atoms. The van der Waals surface area contributed by atoms with E-state index < -0.39 is 11.0 Å². The molecule has 2 aromatic rings. The van der Waals surface area contributed by atoms with Gasteiger partial charge in [-0.3, -0.25) is 14.9 Å². The molecule has 0 radical (unpaired) electrons. The van der Waals surface area contributed by atoms with Crippen LogP contribution < -0.4 is 14.8 Å². The standard InChI is InChI=1S/C23H25N3O5S/c1-5-11-31-19-12-16(17(26(28)29)13-18(19)30-4)21-20(14(2)25(3)23(32)24-21)22(27)15-9-7-6-8-10-15/h6-10,12-13,21H,5,11H2,1-4H3,(H,24,32). The average molecular weight is 456 g/mol. The SMILES string of the molecule is CCCOc1cc(C2NC(=S)N(C)C(C)=C2C(=O)c2ccccc2)c([N+](=O)[O-])cc1OC. The van der Waals surface area contributed by atoms with Gasteiger partial charge in [0, 0.05) is 23.9 Å². The van der Waals surface area contributed by atoms with Crippen LogP contribution in [0.15, 0.2) is 53.7 Å². The van der Waals surface area contributed by atoms with Gasteiger partial charge in [-0.1, -0.05) is 37.3 Å². The summed E-state index contributed by atoms with van der Waals surface area (Å²) in [5.74, 6) is 0.378. The molecule has 1 N–H and O–H groups in total. The highest BCUT2D eigenvalue weighted by Gasteiger charge is 2.37. The average Bonchev–Trinajstić information content (AvgIpc) is 2.80. The fourth-order valence-corrected chi connectivity index (χ4v) is 3.80. The molecule has 0 aromatic heterocycles. The first-order valence-electron chi connectivity index (χ1n) is 10.1. The first kappa shape index (κ1) is 23.2. The highest BCUT2D eigenvalue weighted by molar-refractivity contribution is 7.80. The number of carbonyl (C=O) groups excluding carboxylic acids is 1. The molecule has 168 valence electrons. The zero-order valence-electron chi connectivity index (χ0n) is 18.4. The lowest BCUT2D eigenvalue weighted by atomic mass is 9.88. The Kier molecular flexibility index (Phi) is 7.09. The molecule has 9 heteroatoms. The monoisotopic (exact) mass is 455 g/mol. The molecule has 32 heavy (non-hydrogen) atoms. The number of thiocarbonyl (C=S) groups is 1. The third kappa shape index (κ3) is 4.43. The maximum absolute atomic E-state index is 13.5. The molecule has 1 atom stereocenters. The summed E-state index contributed by atoms with van der Waals surface area (Å²) >= 11 is 5.44. The molecule has 1 aliphatic heterocycles. The summed E-state index contributed by atoms with van der Waals surface area (Å²) < 4.78 is 11.1. The minimum Gasteiger partial charge on any atom is -0.493 e. The van der Waals surface area contributed by atoms with Crippen molar-refractivity contribution in [2.75, 3.05) is 20.8 Å². The summed E-state index contributed by atoms with van der Waals surface area (Å²) in [6, 6.07) is 10.8. The summed E-state index contributed by atoms with van der Waals surface area (Å²) in [5, 5.41) is 15.4. The largest absolute Gasteiger partial charge is 0.493 e. The first-order chi connectivity index (χ1) is 15.3. The van der Waals surface area contributed by atoms with E-state index in [1.165, 1.54) is 13.2 Å². The van der Waals surface area contributed by atoms with E-state index >= 15 is 0 Å². The molecule has 0 saturated carbocycles. The number of ketones is 1. The lowest BCUT2D eigenvalue weighted by Gasteiger charge is -2.35. The molecule has 0 fully saturated rings.